The lowest BCUT2D eigenvalue weighted by atomic mass is 10.0. The highest BCUT2D eigenvalue weighted by molar-refractivity contribution is 7.17. The first-order valence-corrected chi connectivity index (χ1v) is 8.54. The van der Waals surface area contributed by atoms with Crippen LogP contribution in [0.2, 0.25) is 0 Å². The van der Waals surface area contributed by atoms with E-state index >= 15 is 0 Å². The highest BCUT2D eigenvalue weighted by Crippen LogP contribution is 2.40. The van der Waals surface area contributed by atoms with E-state index in [1.807, 2.05) is 0 Å². The minimum Gasteiger partial charge on any atom is -0.483 e. The van der Waals surface area contributed by atoms with E-state index in [-0.39, 0.29) is 17.9 Å². The molecule has 0 spiro atoms. The van der Waals surface area contributed by atoms with Crippen molar-refractivity contribution in [1.82, 2.24) is 0 Å². The third-order valence-corrected chi connectivity index (χ3v) is 4.88. The van der Waals surface area contributed by atoms with Gasteiger partial charge in [-0.25, -0.2) is 8.78 Å². The number of nitrogens with zero attached hydrogens (tertiary/aromatic N) is 1. The number of nitriles is 1. The molecule has 0 bridgehead atoms. The van der Waals surface area contributed by atoms with Crippen LogP contribution >= 0.6 is 11.3 Å². The lowest BCUT2D eigenvalue weighted by molar-refractivity contribution is -0.109. The fourth-order valence-corrected chi connectivity index (χ4v) is 3.55. The van der Waals surface area contributed by atoms with E-state index in [0.29, 0.717) is 39.0 Å². The summed E-state index contributed by atoms with van der Waals surface area (Å²) in [6, 6.07) is 11.7. The second-order valence-corrected chi connectivity index (χ2v) is 6.52. The predicted molar refractivity (Wildman–Crippen MR) is 96.8 cm³/mol. The van der Waals surface area contributed by atoms with Gasteiger partial charge in [0, 0.05) is 10.4 Å². The molecule has 0 saturated heterocycles. The maximum atomic E-state index is 14.2. The number of hydrogen-bond donors (Lipinski definition) is 0. The molecule has 27 heavy (non-hydrogen) atoms. The van der Waals surface area contributed by atoms with Crippen molar-refractivity contribution in [3.05, 3.63) is 64.5 Å². The first-order chi connectivity index (χ1) is 13.1. The van der Waals surface area contributed by atoms with Crippen molar-refractivity contribution in [2.75, 3.05) is 6.61 Å². The number of carbonyl (C=O) groups excluding carboxylic acids is 2. The van der Waals surface area contributed by atoms with Crippen LogP contribution in [-0.4, -0.2) is 19.2 Å². The normalized spacial score (nSPS) is 10.3. The van der Waals surface area contributed by atoms with Gasteiger partial charge in [0.2, 0.25) is 0 Å². The quantitative estimate of drug-likeness (QED) is 0.583. The van der Waals surface area contributed by atoms with Crippen LogP contribution in [0.15, 0.2) is 42.5 Å². The summed E-state index contributed by atoms with van der Waals surface area (Å²) in [4.78, 5) is 22.5. The number of hydrogen-bond acceptors (Lipinski definition) is 5. The highest BCUT2D eigenvalue weighted by Gasteiger charge is 2.16. The van der Waals surface area contributed by atoms with Gasteiger partial charge in [-0.15, -0.1) is 11.3 Å². The molecule has 0 amide bonds. The molecule has 7 heteroatoms. The first kappa shape index (κ1) is 18.4. The molecule has 0 aliphatic carbocycles. The molecular formula is C20H11F2NO3S. The van der Waals surface area contributed by atoms with E-state index in [1.165, 1.54) is 24.3 Å². The number of thiophene rings is 1. The van der Waals surface area contributed by atoms with Crippen LogP contribution in [0, 0.1) is 23.0 Å². The molecule has 0 radical (unpaired) electrons. The average Bonchev–Trinajstić information content (AvgIpc) is 3.11. The van der Waals surface area contributed by atoms with Gasteiger partial charge < -0.3 is 4.74 Å². The summed E-state index contributed by atoms with van der Waals surface area (Å²) in [7, 11) is 0. The van der Waals surface area contributed by atoms with Crippen LogP contribution in [-0.2, 0) is 4.79 Å². The lowest BCUT2D eigenvalue weighted by Gasteiger charge is -2.08. The Hall–Kier alpha value is -3.37. The minimum absolute atomic E-state index is 0.0658. The summed E-state index contributed by atoms with van der Waals surface area (Å²) in [6.45, 7) is -0.264. The zero-order valence-corrected chi connectivity index (χ0v) is 14.6. The molecule has 0 fully saturated rings. The monoisotopic (exact) mass is 383 g/mol. The smallest absolute Gasteiger partial charge is 0.165 e. The number of ether oxygens (including phenoxy) is 1. The predicted octanol–water partition coefficient (Wildman–Crippen LogP) is 4.62. The van der Waals surface area contributed by atoms with Crippen LogP contribution < -0.4 is 4.74 Å². The van der Waals surface area contributed by atoms with Gasteiger partial charge in [0.05, 0.1) is 10.4 Å². The van der Waals surface area contributed by atoms with Crippen molar-refractivity contribution in [3.63, 3.8) is 0 Å². The van der Waals surface area contributed by atoms with Crippen molar-refractivity contribution < 1.29 is 23.1 Å². The van der Waals surface area contributed by atoms with Crippen LogP contribution in [0.1, 0.15) is 15.2 Å². The average molecular weight is 383 g/mol. The Morgan fingerprint density at radius 1 is 1.04 bits per heavy atom. The van der Waals surface area contributed by atoms with Crippen molar-refractivity contribution in [3.8, 4) is 33.4 Å². The molecule has 0 saturated carbocycles. The van der Waals surface area contributed by atoms with Gasteiger partial charge in [-0.05, 0) is 47.5 Å². The molecule has 1 heterocycles. The molecule has 0 atom stereocenters. The summed E-state index contributed by atoms with van der Waals surface area (Å²) in [5.41, 5.74) is 1.40. The summed E-state index contributed by atoms with van der Waals surface area (Å²) >= 11 is 1.14. The van der Waals surface area contributed by atoms with Crippen molar-refractivity contribution in [2.45, 2.75) is 0 Å². The van der Waals surface area contributed by atoms with E-state index < -0.39 is 11.6 Å². The molecule has 0 aliphatic heterocycles. The van der Waals surface area contributed by atoms with E-state index in [9.17, 15) is 18.4 Å². The molecular weight excluding hydrogens is 372 g/mol. The van der Waals surface area contributed by atoms with Crippen LogP contribution in [0.25, 0.3) is 21.6 Å². The van der Waals surface area contributed by atoms with Gasteiger partial charge in [0.1, 0.15) is 18.5 Å². The molecule has 0 aliphatic rings. The van der Waals surface area contributed by atoms with Gasteiger partial charge in [0.25, 0.3) is 0 Å². The maximum Gasteiger partial charge on any atom is 0.165 e. The lowest BCUT2D eigenvalue weighted by Crippen LogP contribution is -1.99. The Morgan fingerprint density at radius 3 is 2.41 bits per heavy atom. The first-order valence-electron chi connectivity index (χ1n) is 7.72. The minimum atomic E-state index is -0.677. The van der Waals surface area contributed by atoms with Crippen molar-refractivity contribution >= 4 is 23.9 Å². The SMILES string of the molecule is N#Cc1ccc(-c2cc(C=O)sc2-c2ccc(OCC=O)c(F)c2)cc1F. The number of rotatable bonds is 6. The molecule has 4 nitrogen and oxygen atoms in total. The molecule has 0 N–H and O–H groups in total. The fourth-order valence-electron chi connectivity index (χ4n) is 2.55. The van der Waals surface area contributed by atoms with Gasteiger partial charge in [-0.2, -0.15) is 5.26 Å². The zero-order valence-electron chi connectivity index (χ0n) is 13.7. The largest absolute Gasteiger partial charge is 0.483 e. The summed E-state index contributed by atoms with van der Waals surface area (Å²) < 4.78 is 33.2. The van der Waals surface area contributed by atoms with E-state index in [1.54, 1.807) is 24.3 Å². The highest BCUT2D eigenvalue weighted by atomic mass is 32.1. The van der Waals surface area contributed by atoms with Crippen molar-refractivity contribution in [2.24, 2.45) is 0 Å². The van der Waals surface area contributed by atoms with E-state index in [0.717, 1.165) is 11.3 Å². The van der Waals surface area contributed by atoms with Gasteiger partial charge >= 0.3 is 0 Å². The van der Waals surface area contributed by atoms with Gasteiger partial charge in [-0.3, -0.25) is 9.59 Å². The van der Waals surface area contributed by atoms with Crippen molar-refractivity contribution in [1.29, 1.82) is 5.26 Å². The second kappa shape index (κ2) is 7.89. The number of aldehydes is 2. The Bertz CT molecular complexity index is 1070. The van der Waals surface area contributed by atoms with Crippen LogP contribution in [0.4, 0.5) is 8.78 Å². The van der Waals surface area contributed by atoms with Gasteiger partial charge in [0.15, 0.2) is 24.1 Å². The standard InChI is InChI=1S/C20H11F2NO3S/c21-17-7-12(1-2-14(17)10-23)16-9-15(11-25)27-20(16)13-3-4-19(18(22)8-13)26-6-5-24/h1-5,7-9,11H,6H2. The topological polar surface area (TPSA) is 67.2 Å². The molecule has 134 valence electrons. The van der Waals surface area contributed by atoms with E-state index in [2.05, 4.69) is 0 Å². The second-order valence-electron chi connectivity index (χ2n) is 5.44. The summed E-state index contributed by atoms with van der Waals surface area (Å²) in [5, 5.41) is 8.86. The number of carbonyl (C=O) groups is 2. The third kappa shape index (κ3) is 3.76. The van der Waals surface area contributed by atoms with Crippen LogP contribution in [0.5, 0.6) is 5.75 Å². The molecule has 1 aromatic heterocycles. The fraction of sp³-hybridized carbons (Fsp3) is 0.0500. The number of halogens is 2. The number of benzene rings is 2. The zero-order chi connectivity index (χ0) is 19.4. The van der Waals surface area contributed by atoms with Crippen LogP contribution in [0.3, 0.4) is 0 Å². The molecule has 0 unspecified atom stereocenters. The Kier molecular flexibility index (Phi) is 5.38. The molecule has 2 aromatic carbocycles. The Morgan fingerprint density at radius 2 is 1.78 bits per heavy atom. The molecule has 3 rings (SSSR count). The summed E-state index contributed by atoms with van der Waals surface area (Å²) in [6.07, 6.45) is 1.18. The Balaban J connectivity index is 2.09. The summed E-state index contributed by atoms with van der Waals surface area (Å²) in [5.74, 6) is -1.40. The Labute approximate surface area is 157 Å². The van der Waals surface area contributed by atoms with Gasteiger partial charge in [-0.1, -0.05) is 6.07 Å². The molecule has 3 aromatic rings. The maximum absolute atomic E-state index is 14.2. The third-order valence-electron chi connectivity index (χ3n) is 3.77. The van der Waals surface area contributed by atoms with E-state index in [4.69, 9.17) is 10.00 Å².